The summed E-state index contributed by atoms with van der Waals surface area (Å²) in [6, 6.07) is 24.1. The van der Waals surface area contributed by atoms with Gasteiger partial charge in [0.1, 0.15) is 0 Å². The summed E-state index contributed by atoms with van der Waals surface area (Å²) in [6.07, 6.45) is 0. The second-order valence-corrected chi connectivity index (χ2v) is 9.99. The molecule has 1 aliphatic carbocycles. The standard InChI is InChI=1S/C27H31BO2/c1-25(2)23-10-8-7-9-21(23)22-16-13-19(17-24(22)25)18-11-14-20(15-12-18)28-30-27(5,6)26(3,4)29/h7-17,28-29H,1-6H3. The van der Waals surface area contributed by atoms with Crippen LogP contribution >= 0.6 is 0 Å². The molecule has 0 spiro atoms. The summed E-state index contributed by atoms with van der Waals surface area (Å²) in [6.45, 7) is 12.0. The second-order valence-electron chi connectivity index (χ2n) is 9.99. The third kappa shape index (κ3) is 3.51. The fourth-order valence-electron chi connectivity index (χ4n) is 4.12. The first-order valence-corrected chi connectivity index (χ1v) is 10.7. The van der Waals surface area contributed by atoms with Crippen LogP contribution in [0.2, 0.25) is 0 Å². The van der Waals surface area contributed by atoms with E-state index >= 15 is 0 Å². The molecule has 1 aliphatic rings. The van der Waals surface area contributed by atoms with E-state index in [4.69, 9.17) is 4.65 Å². The molecule has 3 aromatic rings. The summed E-state index contributed by atoms with van der Waals surface area (Å²) in [7, 11) is 0.476. The molecule has 0 bridgehead atoms. The lowest BCUT2D eigenvalue weighted by Gasteiger charge is -2.37. The molecule has 3 aromatic carbocycles. The lowest BCUT2D eigenvalue weighted by molar-refractivity contribution is -0.0893. The van der Waals surface area contributed by atoms with Crippen LogP contribution in [0.1, 0.15) is 52.7 Å². The van der Waals surface area contributed by atoms with Crippen molar-refractivity contribution in [1.29, 1.82) is 0 Å². The summed E-state index contributed by atoms with van der Waals surface area (Å²) in [5.41, 5.74) is 7.52. The third-order valence-electron chi connectivity index (χ3n) is 6.94. The highest BCUT2D eigenvalue weighted by molar-refractivity contribution is 6.47. The van der Waals surface area contributed by atoms with Crippen LogP contribution in [0.25, 0.3) is 22.3 Å². The lowest BCUT2D eigenvalue weighted by Crippen LogP contribution is -2.49. The van der Waals surface area contributed by atoms with Crippen molar-refractivity contribution in [3.05, 3.63) is 77.9 Å². The smallest absolute Gasteiger partial charge is 0.309 e. The second kappa shape index (κ2) is 7.11. The van der Waals surface area contributed by atoms with Gasteiger partial charge in [0, 0.05) is 5.41 Å². The van der Waals surface area contributed by atoms with Gasteiger partial charge in [-0.3, -0.25) is 0 Å². The molecule has 3 heteroatoms. The average molecular weight is 398 g/mol. The van der Waals surface area contributed by atoms with E-state index in [1.807, 2.05) is 13.8 Å². The maximum absolute atomic E-state index is 10.3. The average Bonchev–Trinajstić information content (AvgIpc) is 2.93. The molecule has 0 heterocycles. The topological polar surface area (TPSA) is 29.5 Å². The van der Waals surface area contributed by atoms with Crippen molar-refractivity contribution in [1.82, 2.24) is 0 Å². The van der Waals surface area contributed by atoms with Gasteiger partial charge in [-0.15, -0.1) is 0 Å². The van der Waals surface area contributed by atoms with Gasteiger partial charge in [0.2, 0.25) is 0 Å². The maximum atomic E-state index is 10.3. The number of aliphatic hydroxyl groups is 1. The lowest BCUT2D eigenvalue weighted by atomic mass is 9.81. The molecule has 154 valence electrons. The van der Waals surface area contributed by atoms with E-state index in [9.17, 15) is 5.11 Å². The highest BCUT2D eigenvalue weighted by atomic mass is 16.5. The number of hydrogen-bond donors (Lipinski definition) is 1. The summed E-state index contributed by atoms with van der Waals surface area (Å²) >= 11 is 0. The normalized spacial score (nSPS) is 14.9. The van der Waals surface area contributed by atoms with E-state index in [1.165, 1.54) is 33.4 Å². The van der Waals surface area contributed by atoms with E-state index in [0.717, 1.165) is 5.46 Å². The summed E-state index contributed by atoms with van der Waals surface area (Å²) in [5.74, 6) is 0. The van der Waals surface area contributed by atoms with E-state index in [0.29, 0.717) is 7.48 Å². The molecule has 0 saturated heterocycles. The first-order chi connectivity index (χ1) is 14.0. The molecular formula is C27H31BO2. The number of hydrogen-bond acceptors (Lipinski definition) is 2. The first-order valence-electron chi connectivity index (χ1n) is 10.7. The number of rotatable bonds is 5. The predicted molar refractivity (Wildman–Crippen MR) is 128 cm³/mol. The van der Waals surface area contributed by atoms with Gasteiger partial charge in [-0.2, -0.15) is 0 Å². The van der Waals surface area contributed by atoms with Crippen LogP contribution in [0.15, 0.2) is 66.7 Å². The van der Waals surface area contributed by atoms with Gasteiger partial charge in [0.25, 0.3) is 0 Å². The Balaban J connectivity index is 1.58. The number of fused-ring (bicyclic) bond motifs is 3. The van der Waals surface area contributed by atoms with Crippen molar-refractivity contribution < 1.29 is 9.76 Å². The highest BCUT2D eigenvalue weighted by Crippen LogP contribution is 2.49. The fraction of sp³-hybridized carbons (Fsp3) is 0.333. The molecule has 0 aromatic heterocycles. The highest BCUT2D eigenvalue weighted by Gasteiger charge is 2.36. The minimum atomic E-state index is -0.901. The van der Waals surface area contributed by atoms with Gasteiger partial charge in [-0.05, 0) is 67.1 Å². The molecule has 0 saturated carbocycles. The first kappa shape index (κ1) is 20.9. The predicted octanol–water partition coefficient (Wildman–Crippen LogP) is 5.20. The summed E-state index contributed by atoms with van der Waals surface area (Å²) in [4.78, 5) is 0. The van der Waals surface area contributed by atoms with E-state index in [-0.39, 0.29) is 5.41 Å². The molecule has 30 heavy (non-hydrogen) atoms. The monoisotopic (exact) mass is 398 g/mol. The van der Waals surface area contributed by atoms with Crippen LogP contribution < -0.4 is 5.46 Å². The number of benzene rings is 3. The molecule has 0 radical (unpaired) electrons. The van der Waals surface area contributed by atoms with Gasteiger partial charge in [0.15, 0.2) is 0 Å². The van der Waals surface area contributed by atoms with Gasteiger partial charge in [0.05, 0.1) is 11.2 Å². The Kier molecular flexibility index (Phi) is 4.95. The van der Waals surface area contributed by atoms with Crippen molar-refractivity contribution in [2.75, 3.05) is 0 Å². The van der Waals surface area contributed by atoms with Crippen LogP contribution in [-0.2, 0) is 10.1 Å². The van der Waals surface area contributed by atoms with Crippen molar-refractivity contribution in [3.8, 4) is 22.3 Å². The van der Waals surface area contributed by atoms with Gasteiger partial charge < -0.3 is 9.76 Å². The van der Waals surface area contributed by atoms with Crippen LogP contribution in [0.4, 0.5) is 0 Å². The van der Waals surface area contributed by atoms with Crippen molar-refractivity contribution in [2.45, 2.75) is 58.2 Å². The molecule has 1 N–H and O–H groups in total. The van der Waals surface area contributed by atoms with Crippen LogP contribution in [0, 0.1) is 0 Å². The molecule has 4 rings (SSSR count). The van der Waals surface area contributed by atoms with Crippen LogP contribution in [0.5, 0.6) is 0 Å². The minimum Gasteiger partial charge on any atom is -0.427 e. The Morgan fingerprint density at radius 2 is 1.37 bits per heavy atom. The fourth-order valence-corrected chi connectivity index (χ4v) is 4.12. The Bertz CT molecular complexity index is 1070. The van der Waals surface area contributed by atoms with E-state index < -0.39 is 11.2 Å². The maximum Gasteiger partial charge on any atom is 0.309 e. The Labute approximate surface area is 181 Å². The van der Waals surface area contributed by atoms with Gasteiger partial charge in [-0.25, -0.2) is 0 Å². The molecule has 0 atom stereocenters. The molecule has 2 nitrogen and oxygen atoms in total. The zero-order valence-electron chi connectivity index (χ0n) is 18.9. The molecule has 0 amide bonds. The molecule has 0 fully saturated rings. The molecule has 0 aliphatic heterocycles. The van der Waals surface area contributed by atoms with Gasteiger partial charge >= 0.3 is 7.48 Å². The van der Waals surface area contributed by atoms with Gasteiger partial charge in [-0.1, -0.05) is 80.0 Å². The van der Waals surface area contributed by atoms with Crippen LogP contribution in [-0.4, -0.2) is 23.8 Å². The van der Waals surface area contributed by atoms with Crippen molar-refractivity contribution in [3.63, 3.8) is 0 Å². The minimum absolute atomic E-state index is 0.0123. The Morgan fingerprint density at radius 3 is 2.03 bits per heavy atom. The van der Waals surface area contributed by atoms with E-state index in [1.54, 1.807) is 13.8 Å². The van der Waals surface area contributed by atoms with Crippen molar-refractivity contribution in [2.24, 2.45) is 0 Å². The quantitative estimate of drug-likeness (QED) is 0.599. The largest absolute Gasteiger partial charge is 0.427 e. The third-order valence-corrected chi connectivity index (χ3v) is 6.94. The Morgan fingerprint density at radius 1 is 0.767 bits per heavy atom. The SMILES string of the molecule is CC1(C)c2ccccc2-c2ccc(-c3ccc(BOC(C)(C)C(C)(C)O)cc3)cc21. The molecular weight excluding hydrogens is 367 g/mol. The zero-order chi connectivity index (χ0) is 21.7. The Hall–Kier alpha value is -2.36. The zero-order valence-corrected chi connectivity index (χ0v) is 18.9. The van der Waals surface area contributed by atoms with E-state index in [2.05, 4.69) is 80.6 Å². The summed E-state index contributed by atoms with van der Waals surface area (Å²) < 4.78 is 6.00. The van der Waals surface area contributed by atoms with Crippen molar-refractivity contribution >= 4 is 12.9 Å². The molecule has 0 unspecified atom stereocenters. The summed E-state index contributed by atoms with van der Waals surface area (Å²) in [5, 5.41) is 10.3. The van der Waals surface area contributed by atoms with Crippen LogP contribution in [0.3, 0.4) is 0 Å².